The van der Waals surface area contributed by atoms with Crippen LogP contribution in [0, 0.1) is 0 Å². The van der Waals surface area contributed by atoms with E-state index in [2.05, 4.69) is 10.0 Å². The normalized spacial score (nSPS) is 8.12. The number of hydrogen-bond acceptors (Lipinski definition) is 1. The smallest absolute Gasteiger partial charge is 0.0822 e. The summed E-state index contributed by atoms with van der Waals surface area (Å²) in [4.78, 5) is 2.53. The molecule has 0 fully saturated rings. The first-order valence-corrected chi connectivity index (χ1v) is 2.50. The molecular formula is C4H8N3O. The second-order valence-electron chi connectivity index (χ2n) is 1.37. The lowest BCUT2D eigenvalue weighted by Gasteiger charge is -1.84. The van der Waals surface area contributed by atoms with E-state index in [1.807, 2.05) is 0 Å². The Morgan fingerprint density at radius 1 is 1.50 bits per heavy atom. The monoisotopic (exact) mass is 114 g/mol. The Hall–Kier alpha value is -0.730. The fraction of sp³-hybridized carbons (Fsp3) is 1.00. The molecule has 0 bridgehead atoms. The zero-order valence-electron chi connectivity index (χ0n) is 4.58. The van der Waals surface area contributed by atoms with Crippen LogP contribution in [0.25, 0.3) is 10.4 Å². The average molecular weight is 114 g/mol. The SMILES string of the molecule is [N-]=[N+]=NCCCC[O]. The number of hydrogen-bond donors (Lipinski definition) is 0. The quantitative estimate of drug-likeness (QED) is 0.230. The van der Waals surface area contributed by atoms with Crippen molar-refractivity contribution >= 4 is 0 Å². The second-order valence-corrected chi connectivity index (χ2v) is 1.37. The average Bonchev–Trinajstić information content (AvgIpc) is 1.81. The van der Waals surface area contributed by atoms with E-state index in [0.717, 1.165) is 0 Å². The summed E-state index contributed by atoms with van der Waals surface area (Å²) >= 11 is 0. The summed E-state index contributed by atoms with van der Waals surface area (Å²) in [6, 6.07) is 0. The third-order valence-electron chi connectivity index (χ3n) is 0.716. The van der Waals surface area contributed by atoms with Crippen molar-refractivity contribution in [3.8, 4) is 0 Å². The molecule has 0 heterocycles. The summed E-state index contributed by atoms with van der Waals surface area (Å²) in [5, 5.41) is 13.0. The van der Waals surface area contributed by atoms with Crippen LogP contribution in [0.2, 0.25) is 0 Å². The molecule has 0 rings (SSSR count). The lowest BCUT2D eigenvalue weighted by Crippen LogP contribution is -1.82. The molecule has 0 atom stereocenters. The standard InChI is InChI=1S/C4H8N3O/c5-7-6-3-1-2-4-8/h1-4H2. The van der Waals surface area contributed by atoms with Gasteiger partial charge in [0, 0.05) is 11.5 Å². The highest BCUT2D eigenvalue weighted by molar-refractivity contribution is 4.45. The van der Waals surface area contributed by atoms with Gasteiger partial charge in [0.2, 0.25) is 0 Å². The number of rotatable bonds is 4. The zero-order valence-corrected chi connectivity index (χ0v) is 4.58. The first kappa shape index (κ1) is 7.27. The largest absolute Gasteiger partial charge is 0.237 e. The molecule has 0 aromatic rings. The van der Waals surface area contributed by atoms with Gasteiger partial charge in [-0.2, -0.15) is 0 Å². The van der Waals surface area contributed by atoms with Gasteiger partial charge in [-0.15, -0.1) is 0 Å². The van der Waals surface area contributed by atoms with Gasteiger partial charge in [0.1, 0.15) is 0 Å². The molecule has 0 saturated heterocycles. The highest BCUT2D eigenvalue weighted by Crippen LogP contribution is 1.86. The predicted molar refractivity (Wildman–Crippen MR) is 28.8 cm³/mol. The summed E-state index contributed by atoms with van der Waals surface area (Å²) in [6.45, 7) is 0.389. The zero-order chi connectivity index (χ0) is 6.24. The van der Waals surface area contributed by atoms with Crippen LogP contribution in [-0.2, 0) is 5.11 Å². The molecular weight excluding hydrogens is 106 g/mol. The van der Waals surface area contributed by atoms with Crippen molar-refractivity contribution in [1.82, 2.24) is 0 Å². The Bertz CT molecular complexity index is 87.3. The van der Waals surface area contributed by atoms with E-state index in [1.165, 1.54) is 0 Å². The molecule has 8 heavy (non-hydrogen) atoms. The second kappa shape index (κ2) is 6.27. The summed E-state index contributed by atoms with van der Waals surface area (Å²) in [6.07, 6.45) is 1.33. The van der Waals surface area contributed by atoms with E-state index in [0.29, 0.717) is 19.4 Å². The topological polar surface area (TPSA) is 68.7 Å². The molecule has 0 unspecified atom stereocenters. The van der Waals surface area contributed by atoms with Crippen molar-refractivity contribution in [2.45, 2.75) is 12.8 Å². The minimum absolute atomic E-state index is 0.0685. The van der Waals surface area contributed by atoms with E-state index in [-0.39, 0.29) is 6.61 Å². The summed E-state index contributed by atoms with van der Waals surface area (Å²) in [5.41, 5.74) is 7.75. The fourth-order valence-corrected chi connectivity index (χ4v) is 0.329. The van der Waals surface area contributed by atoms with Crippen molar-refractivity contribution < 1.29 is 5.11 Å². The number of nitrogens with zero attached hydrogens (tertiary/aromatic N) is 3. The predicted octanol–water partition coefficient (Wildman–Crippen LogP) is 1.51. The molecule has 0 amide bonds. The lowest BCUT2D eigenvalue weighted by molar-refractivity contribution is 0.187. The van der Waals surface area contributed by atoms with Crippen molar-refractivity contribution in [2.75, 3.05) is 13.2 Å². The molecule has 0 aromatic heterocycles. The maximum atomic E-state index is 9.76. The van der Waals surface area contributed by atoms with Crippen LogP contribution in [0.5, 0.6) is 0 Å². The van der Waals surface area contributed by atoms with Gasteiger partial charge in [-0.3, -0.25) is 0 Å². The van der Waals surface area contributed by atoms with Gasteiger partial charge in [0.25, 0.3) is 0 Å². The minimum Gasteiger partial charge on any atom is -0.237 e. The van der Waals surface area contributed by atoms with Crippen LogP contribution in [0.15, 0.2) is 5.11 Å². The van der Waals surface area contributed by atoms with Crippen LogP contribution < -0.4 is 0 Å². The Balaban J connectivity index is 2.82. The molecule has 45 valence electrons. The van der Waals surface area contributed by atoms with Crippen LogP contribution in [0.1, 0.15) is 12.8 Å². The molecule has 0 aliphatic carbocycles. The molecule has 4 heteroatoms. The Kier molecular flexibility index (Phi) is 5.70. The third-order valence-corrected chi connectivity index (χ3v) is 0.716. The number of unbranched alkanes of at least 4 members (excludes halogenated alkanes) is 1. The lowest BCUT2D eigenvalue weighted by atomic mass is 10.3. The molecule has 0 aliphatic heterocycles. The van der Waals surface area contributed by atoms with Crippen LogP contribution in [0.3, 0.4) is 0 Å². The van der Waals surface area contributed by atoms with Crippen molar-refractivity contribution in [1.29, 1.82) is 0 Å². The van der Waals surface area contributed by atoms with Gasteiger partial charge >= 0.3 is 0 Å². The molecule has 0 saturated carbocycles. The number of azide groups is 1. The molecule has 0 spiro atoms. The van der Waals surface area contributed by atoms with Gasteiger partial charge < -0.3 is 0 Å². The van der Waals surface area contributed by atoms with Crippen molar-refractivity contribution in [3.63, 3.8) is 0 Å². The van der Waals surface area contributed by atoms with E-state index in [9.17, 15) is 5.11 Å². The maximum absolute atomic E-state index is 9.76. The van der Waals surface area contributed by atoms with Gasteiger partial charge in [0.15, 0.2) is 0 Å². The van der Waals surface area contributed by atoms with Gasteiger partial charge in [0.05, 0.1) is 6.61 Å². The van der Waals surface area contributed by atoms with E-state index < -0.39 is 0 Å². The summed E-state index contributed by atoms with van der Waals surface area (Å²) in [7, 11) is 0. The van der Waals surface area contributed by atoms with Crippen LogP contribution >= 0.6 is 0 Å². The van der Waals surface area contributed by atoms with Gasteiger partial charge in [-0.1, -0.05) is 5.11 Å². The molecule has 0 aromatic carbocycles. The van der Waals surface area contributed by atoms with Crippen LogP contribution in [-0.4, -0.2) is 13.2 Å². The first-order valence-electron chi connectivity index (χ1n) is 2.50. The van der Waals surface area contributed by atoms with Gasteiger partial charge in [-0.25, -0.2) is 5.11 Å². The Morgan fingerprint density at radius 3 is 2.75 bits per heavy atom. The molecule has 0 aliphatic rings. The molecule has 0 N–H and O–H groups in total. The summed E-state index contributed by atoms with van der Waals surface area (Å²) in [5.74, 6) is 0. The Morgan fingerprint density at radius 2 is 2.25 bits per heavy atom. The highest BCUT2D eigenvalue weighted by Gasteiger charge is 1.81. The van der Waals surface area contributed by atoms with E-state index in [1.54, 1.807) is 0 Å². The molecule has 4 nitrogen and oxygen atoms in total. The third kappa shape index (κ3) is 5.27. The van der Waals surface area contributed by atoms with Crippen molar-refractivity contribution in [2.24, 2.45) is 5.11 Å². The van der Waals surface area contributed by atoms with E-state index in [4.69, 9.17) is 5.53 Å². The summed E-state index contributed by atoms with van der Waals surface area (Å²) < 4.78 is 0. The fourth-order valence-electron chi connectivity index (χ4n) is 0.329. The minimum atomic E-state index is -0.0685. The maximum Gasteiger partial charge on any atom is 0.0822 e. The first-order chi connectivity index (χ1) is 3.91. The Labute approximate surface area is 47.8 Å². The van der Waals surface area contributed by atoms with E-state index >= 15 is 0 Å². The van der Waals surface area contributed by atoms with Crippen molar-refractivity contribution in [3.05, 3.63) is 10.4 Å². The molecule has 1 radical (unpaired) electrons. The van der Waals surface area contributed by atoms with Crippen LogP contribution in [0.4, 0.5) is 0 Å². The highest BCUT2D eigenvalue weighted by atomic mass is 16.2. The van der Waals surface area contributed by atoms with Gasteiger partial charge in [-0.05, 0) is 18.4 Å².